The third kappa shape index (κ3) is 5.81. The molecule has 0 atom stereocenters. The molecule has 27 heavy (non-hydrogen) atoms. The minimum Gasteiger partial charge on any atom is -0.493 e. The molecule has 2 rings (SSSR count). The number of carbonyl (C=O) groups is 2. The van der Waals surface area contributed by atoms with E-state index >= 15 is 0 Å². The molecule has 6 nitrogen and oxygen atoms in total. The largest absolute Gasteiger partial charge is 0.493 e. The zero-order chi connectivity index (χ0) is 19.6. The Hall–Kier alpha value is -2.89. The molecule has 0 aliphatic heterocycles. The lowest BCUT2D eigenvalue weighted by Crippen LogP contribution is -2.05. The number of Topliss-reactive ketones (excluding diaryl/α,β-unsaturated/α-hetero) is 1. The number of nitrogens with zero attached hydrogens (tertiary/aromatic N) is 1. The summed E-state index contributed by atoms with van der Waals surface area (Å²) in [6.45, 7) is 0. The third-order valence-corrected chi connectivity index (χ3v) is 4.31. The van der Waals surface area contributed by atoms with Gasteiger partial charge in [-0.05, 0) is 36.6 Å². The van der Waals surface area contributed by atoms with Crippen molar-refractivity contribution in [2.45, 2.75) is 38.5 Å². The van der Waals surface area contributed by atoms with E-state index in [1.807, 2.05) is 18.2 Å². The number of hydrogen-bond donors (Lipinski definition) is 1. The van der Waals surface area contributed by atoms with Crippen LogP contribution >= 0.6 is 0 Å². The average Bonchev–Trinajstić information content (AvgIpc) is 2.69. The van der Waals surface area contributed by atoms with E-state index in [-0.39, 0.29) is 12.2 Å². The smallest absolute Gasteiger partial charge is 0.303 e. The molecule has 1 N–H and O–H groups in total. The van der Waals surface area contributed by atoms with Gasteiger partial charge in [0, 0.05) is 24.6 Å². The maximum absolute atomic E-state index is 12.6. The summed E-state index contributed by atoms with van der Waals surface area (Å²) in [7, 11) is 3.15. The second kappa shape index (κ2) is 10.3. The van der Waals surface area contributed by atoms with Crippen LogP contribution in [0.25, 0.3) is 11.1 Å². The molecule has 6 heteroatoms. The summed E-state index contributed by atoms with van der Waals surface area (Å²) in [4.78, 5) is 27.4. The van der Waals surface area contributed by atoms with Crippen molar-refractivity contribution in [3.05, 3.63) is 42.2 Å². The molecular formula is C21H25NO5. The van der Waals surface area contributed by atoms with E-state index in [0.717, 1.165) is 30.4 Å². The van der Waals surface area contributed by atoms with Gasteiger partial charge in [0.15, 0.2) is 17.3 Å². The van der Waals surface area contributed by atoms with Crippen molar-refractivity contribution in [1.29, 1.82) is 0 Å². The fourth-order valence-electron chi connectivity index (χ4n) is 2.90. The zero-order valence-electron chi connectivity index (χ0n) is 15.7. The highest BCUT2D eigenvalue weighted by atomic mass is 16.5. The molecular weight excluding hydrogens is 346 g/mol. The van der Waals surface area contributed by atoms with Crippen molar-refractivity contribution >= 4 is 11.8 Å². The van der Waals surface area contributed by atoms with Crippen molar-refractivity contribution in [3.63, 3.8) is 0 Å². The second-order valence-electron chi connectivity index (χ2n) is 6.20. The van der Waals surface area contributed by atoms with Gasteiger partial charge in [0.1, 0.15) is 5.69 Å². The number of carboxylic acid groups (broad SMARTS) is 1. The van der Waals surface area contributed by atoms with Gasteiger partial charge in [-0.25, -0.2) is 0 Å². The lowest BCUT2D eigenvalue weighted by molar-refractivity contribution is -0.137. The first kappa shape index (κ1) is 20.4. The first-order chi connectivity index (χ1) is 13.1. The maximum atomic E-state index is 12.6. The lowest BCUT2D eigenvalue weighted by atomic mass is 9.98. The predicted octanol–water partition coefficient (Wildman–Crippen LogP) is 4.37. The van der Waals surface area contributed by atoms with Crippen LogP contribution in [0.4, 0.5) is 0 Å². The fourth-order valence-corrected chi connectivity index (χ4v) is 2.90. The Morgan fingerprint density at radius 3 is 2.33 bits per heavy atom. The van der Waals surface area contributed by atoms with Gasteiger partial charge in [-0.2, -0.15) is 0 Å². The Morgan fingerprint density at radius 1 is 0.963 bits per heavy atom. The number of benzene rings is 1. The molecule has 0 amide bonds. The minimum atomic E-state index is -0.779. The summed E-state index contributed by atoms with van der Waals surface area (Å²) < 4.78 is 10.6. The number of carbonyl (C=O) groups excluding carboxylic acids is 1. The summed E-state index contributed by atoms with van der Waals surface area (Å²) in [6, 6.07) is 9.18. The molecule has 0 aliphatic carbocycles. The molecule has 2 aromatic rings. The highest BCUT2D eigenvalue weighted by Crippen LogP contribution is 2.33. The quantitative estimate of drug-likeness (QED) is 0.466. The van der Waals surface area contributed by atoms with Gasteiger partial charge in [0.05, 0.1) is 14.2 Å². The van der Waals surface area contributed by atoms with Crippen LogP contribution in [0, 0.1) is 0 Å². The summed E-state index contributed by atoms with van der Waals surface area (Å²) >= 11 is 0. The average molecular weight is 371 g/mol. The number of hydrogen-bond acceptors (Lipinski definition) is 5. The monoisotopic (exact) mass is 371 g/mol. The van der Waals surface area contributed by atoms with Crippen molar-refractivity contribution in [2.24, 2.45) is 0 Å². The van der Waals surface area contributed by atoms with Gasteiger partial charge >= 0.3 is 5.97 Å². The SMILES string of the molecule is COc1ccc(-c2cccnc2C(=O)CCCCCCC(=O)O)cc1OC. The van der Waals surface area contributed by atoms with E-state index in [9.17, 15) is 9.59 Å². The van der Waals surface area contributed by atoms with Crippen LogP contribution in [0.1, 0.15) is 49.0 Å². The summed E-state index contributed by atoms with van der Waals surface area (Å²) in [5, 5.41) is 8.64. The molecule has 0 fully saturated rings. The van der Waals surface area contributed by atoms with Crippen LogP contribution in [0.3, 0.4) is 0 Å². The van der Waals surface area contributed by atoms with Crippen molar-refractivity contribution < 1.29 is 24.2 Å². The zero-order valence-corrected chi connectivity index (χ0v) is 15.7. The predicted molar refractivity (Wildman–Crippen MR) is 102 cm³/mol. The number of aromatic nitrogens is 1. The Morgan fingerprint density at radius 2 is 1.67 bits per heavy atom. The van der Waals surface area contributed by atoms with Crippen molar-refractivity contribution in [1.82, 2.24) is 4.98 Å². The Kier molecular flexibility index (Phi) is 7.79. The third-order valence-electron chi connectivity index (χ3n) is 4.31. The maximum Gasteiger partial charge on any atom is 0.303 e. The van der Waals surface area contributed by atoms with Gasteiger partial charge in [-0.3, -0.25) is 14.6 Å². The summed E-state index contributed by atoms with van der Waals surface area (Å²) in [5.74, 6) is 0.424. The van der Waals surface area contributed by atoms with Crippen LogP contribution in [0.5, 0.6) is 11.5 Å². The molecule has 0 bridgehead atoms. The molecule has 144 valence electrons. The van der Waals surface area contributed by atoms with E-state index < -0.39 is 5.97 Å². The molecule has 1 heterocycles. The standard InChI is InChI=1S/C21H25NO5/c1-26-18-12-11-15(14-19(18)27-2)16-8-7-13-22-21(16)17(23)9-5-3-4-6-10-20(24)25/h7-8,11-14H,3-6,9-10H2,1-2H3,(H,24,25). The van der Waals surface area contributed by atoms with Crippen LogP contribution in [0.15, 0.2) is 36.5 Å². The molecule has 0 saturated carbocycles. The van der Waals surface area contributed by atoms with E-state index in [1.54, 1.807) is 32.5 Å². The van der Waals surface area contributed by atoms with Crippen molar-refractivity contribution in [2.75, 3.05) is 14.2 Å². The van der Waals surface area contributed by atoms with Crippen LogP contribution in [-0.4, -0.2) is 36.1 Å². The fraction of sp³-hybridized carbons (Fsp3) is 0.381. The van der Waals surface area contributed by atoms with Gasteiger partial charge < -0.3 is 14.6 Å². The first-order valence-corrected chi connectivity index (χ1v) is 8.99. The second-order valence-corrected chi connectivity index (χ2v) is 6.20. The molecule has 0 spiro atoms. The molecule has 0 radical (unpaired) electrons. The molecule has 0 unspecified atom stereocenters. The number of unbranched alkanes of at least 4 members (excludes halogenated alkanes) is 3. The van der Waals surface area contributed by atoms with E-state index in [1.165, 1.54) is 0 Å². The normalized spacial score (nSPS) is 10.4. The van der Waals surface area contributed by atoms with Crippen molar-refractivity contribution in [3.8, 4) is 22.6 Å². The molecule has 0 aliphatic rings. The van der Waals surface area contributed by atoms with Crippen LogP contribution < -0.4 is 9.47 Å². The molecule has 1 aromatic carbocycles. The van der Waals surface area contributed by atoms with E-state index in [4.69, 9.17) is 14.6 Å². The number of aliphatic carboxylic acids is 1. The molecule has 0 saturated heterocycles. The lowest BCUT2D eigenvalue weighted by Gasteiger charge is -2.12. The highest BCUT2D eigenvalue weighted by Gasteiger charge is 2.15. The van der Waals surface area contributed by atoms with Crippen LogP contribution in [-0.2, 0) is 4.79 Å². The van der Waals surface area contributed by atoms with Gasteiger partial charge in [-0.1, -0.05) is 25.0 Å². The number of ether oxygens (including phenoxy) is 2. The van der Waals surface area contributed by atoms with E-state index in [0.29, 0.717) is 30.0 Å². The number of carboxylic acids is 1. The Labute approximate surface area is 159 Å². The summed E-state index contributed by atoms with van der Waals surface area (Å²) in [6.07, 6.45) is 5.19. The van der Waals surface area contributed by atoms with Gasteiger partial charge in [-0.15, -0.1) is 0 Å². The minimum absolute atomic E-state index is 0.0152. The Bertz CT molecular complexity index is 788. The van der Waals surface area contributed by atoms with Gasteiger partial charge in [0.2, 0.25) is 0 Å². The number of methoxy groups -OCH3 is 2. The first-order valence-electron chi connectivity index (χ1n) is 8.99. The topological polar surface area (TPSA) is 85.7 Å². The summed E-state index contributed by atoms with van der Waals surface area (Å²) in [5.41, 5.74) is 2.04. The number of rotatable bonds is 11. The van der Waals surface area contributed by atoms with Gasteiger partial charge in [0.25, 0.3) is 0 Å². The van der Waals surface area contributed by atoms with Crippen LogP contribution in [0.2, 0.25) is 0 Å². The Balaban J connectivity index is 2.07. The molecule has 1 aromatic heterocycles. The number of pyridine rings is 1. The van der Waals surface area contributed by atoms with E-state index in [2.05, 4.69) is 4.98 Å². The number of ketones is 1. The highest BCUT2D eigenvalue weighted by molar-refractivity contribution is 6.00.